The molecule has 0 amide bonds. The molecule has 30 heavy (non-hydrogen) atoms. The highest BCUT2D eigenvalue weighted by Gasteiger charge is 2.19. The topological polar surface area (TPSA) is 71.1 Å². The molecule has 0 unspecified atom stereocenters. The first-order valence-corrected chi connectivity index (χ1v) is 9.51. The molecule has 2 aromatic carbocycles. The van der Waals surface area contributed by atoms with Crippen LogP contribution in [0.3, 0.4) is 0 Å². The van der Waals surface area contributed by atoms with Gasteiger partial charge in [-0.2, -0.15) is 0 Å². The lowest BCUT2D eigenvalue weighted by atomic mass is 10.1. The molecule has 0 N–H and O–H groups in total. The molecule has 0 aliphatic heterocycles. The molecule has 2 aromatic heterocycles. The Bertz CT molecular complexity index is 1320. The van der Waals surface area contributed by atoms with Crippen LogP contribution in [-0.2, 0) is 17.8 Å². The zero-order valence-corrected chi connectivity index (χ0v) is 16.7. The number of fused-ring (bicyclic) bond motifs is 1. The number of benzene rings is 2. The summed E-state index contributed by atoms with van der Waals surface area (Å²) in [6.07, 6.45) is 1.55. The van der Waals surface area contributed by atoms with Gasteiger partial charge in [0.25, 0.3) is 5.56 Å². The molecule has 7 nitrogen and oxygen atoms in total. The first-order chi connectivity index (χ1) is 14.5. The molecule has 0 bridgehead atoms. The molecular formula is C22H21FN4O3. The van der Waals surface area contributed by atoms with E-state index in [9.17, 15) is 14.0 Å². The van der Waals surface area contributed by atoms with Crippen LogP contribution in [0.4, 0.5) is 4.39 Å². The highest BCUT2D eigenvalue weighted by atomic mass is 19.1. The predicted molar refractivity (Wildman–Crippen MR) is 112 cm³/mol. The van der Waals surface area contributed by atoms with Crippen molar-refractivity contribution in [2.24, 2.45) is 0 Å². The van der Waals surface area contributed by atoms with Crippen LogP contribution in [0.25, 0.3) is 16.9 Å². The number of halogens is 1. The summed E-state index contributed by atoms with van der Waals surface area (Å²) >= 11 is 0. The molecule has 0 atom stereocenters. The van der Waals surface area contributed by atoms with Gasteiger partial charge in [-0.05, 0) is 42.3 Å². The number of nitrogens with zero attached hydrogens (tertiary/aromatic N) is 4. The smallest absolute Gasteiger partial charge is 0.337 e. The minimum absolute atomic E-state index is 0.0981. The molecule has 0 spiro atoms. The van der Waals surface area contributed by atoms with Crippen molar-refractivity contribution in [1.82, 2.24) is 18.7 Å². The minimum Gasteiger partial charge on any atom is -0.383 e. The zero-order valence-electron chi connectivity index (χ0n) is 16.7. The second-order valence-electron chi connectivity index (χ2n) is 7.02. The van der Waals surface area contributed by atoms with Crippen LogP contribution in [0.15, 0.2) is 64.4 Å². The first-order valence-electron chi connectivity index (χ1n) is 9.51. The van der Waals surface area contributed by atoms with E-state index < -0.39 is 17.1 Å². The van der Waals surface area contributed by atoms with Crippen molar-refractivity contribution in [1.29, 1.82) is 0 Å². The SMILES string of the molecule is COCCn1c(=O)c2c(ncn2Cc2ccccc2C)n(-c2ccc(F)cc2)c1=O. The minimum atomic E-state index is -0.544. The molecule has 8 heteroatoms. The van der Waals surface area contributed by atoms with E-state index in [1.165, 1.54) is 35.9 Å². The zero-order chi connectivity index (χ0) is 21.3. The van der Waals surface area contributed by atoms with Crippen molar-refractivity contribution >= 4 is 11.2 Å². The van der Waals surface area contributed by atoms with E-state index in [4.69, 9.17) is 4.74 Å². The van der Waals surface area contributed by atoms with E-state index in [-0.39, 0.29) is 18.8 Å². The Morgan fingerprint density at radius 2 is 1.80 bits per heavy atom. The van der Waals surface area contributed by atoms with Crippen molar-refractivity contribution in [3.05, 3.63) is 92.6 Å². The second kappa shape index (κ2) is 8.08. The van der Waals surface area contributed by atoms with Gasteiger partial charge in [-0.1, -0.05) is 24.3 Å². The van der Waals surface area contributed by atoms with E-state index in [1.807, 2.05) is 31.2 Å². The maximum absolute atomic E-state index is 13.4. The average molecular weight is 408 g/mol. The third-order valence-electron chi connectivity index (χ3n) is 5.11. The Labute approximate surface area is 171 Å². The number of methoxy groups -OCH3 is 1. The summed E-state index contributed by atoms with van der Waals surface area (Å²) in [5.74, 6) is -0.416. The van der Waals surface area contributed by atoms with Gasteiger partial charge in [0.1, 0.15) is 5.82 Å². The summed E-state index contributed by atoms with van der Waals surface area (Å²) in [7, 11) is 1.50. The van der Waals surface area contributed by atoms with Crippen LogP contribution in [0.1, 0.15) is 11.1 Å². The number of hydrogen-bond donors (Lipinski definition) is 0. The number of imidazole rings is 1. The summed E-state index contributed by atoms with van der Waals surface area (Å²) in [6, 6.07) is 13.4. The van der Waals surface area contributed by atoms with E-state index in [0.717, 1.165) is 15.7 Å². The van der Waals surface area contributed by atoms with Gasteiger partial charge in [0, 0.05) is 13.7 Å². The Hall–Kier alpha value is -3.52. The van der Waals surface area contributed by atoms with Crippen molar-refractivity contribution in [2.75, 3.05) is 13.7 Å². The Morgan fingerprint density at radius 3 is 2.50 bits per heavy atom. The number of aromatic nitrogens is 4. The number of aryl methyl sites for hydroxylation is 1. The highest BCUT2D eigenvalue weighted by molar-refractivity contribution is 5.72. The van der Waals surface area contributed by atoms with Gasteiger partial charge >= 0.3 is 5.69 Å². The van der Waals surface area contributed by atoms with E-state index >= 15 is 0 Å². The molecule has 154 valence electrons. The van der Waals surface area contributed by atoms with Gasteiger partial charge in [0.2, 0.25) is 0 Å². The van der Waals surface area contributed by atoms with Crippen LogP contribution >= 0.6 is 0 Å². The van der Waals surface area contributed by atoms with Gasteiger partial charge in [0.15, 0.2) is 11.2 Å². The molecule has 4 rings (SSSR count). The Morgan fingerprint density at radius 1 is 1.07 bits per heavy atom. The Balaban J connectivity index is 1.98. The van der Waals surface area contributed by atoms with Gasteiger partial charge in [-0.25, -0.2) is 18.7 Å². The van der Waals surface area contributed by atoms with Gasteiger partial charge in [0.05, 0.1) is 25.2 Å². The summed E-state index contributed by atoms with van der Waals surface area (Å²) in [5.41, 5.74) is 2.12. The van der Waals surface area contributed by atoms with E-state index in [2.05, 4.69) is 4.98 Å². The molecule has 0 fully saturated rings. The fraction of sp³-hybridized carbons (Fsp3) is 0.227. The van der Waals surface area contributed by atoms with Crippen LogP contribution in [0.2, 0.25) is 0 Å². The predicted octanol–water partition coefficient (Wildman–Crippen LogP) is 2.49. The third kappa shape index (κ3) is 3.46. The van der Waals surface area contributed by atoms with Crippen molar-refractivity contribution in [3.63, 3.8) is 0 Å². The standard InChI is InChI=1S/C22H21FN4O3/c1-15-5-3-4-6-16(15)13-25-14-24-20-19(25)21(28)26(11-12-30-2)22(29)27(20)18-9-7-17(23)8-10-18/h3-10,14H,11-13H2,1-2H3. The molecule has 0 saturated carbocycles. The van der Waals surface area contributed by atoms with Gasteiger partial charge < -0.3 is 9.30 Å². The normalized spacial score (nSPS) is 11.3. The Kier molecular flexibility index (Phi) is 5.33. The molecular weight excluding hydrogens is 387 g/mol. The lowest BCUT2D eigenvalue weighted by molar-refractivity contribution is 0.184. The van der Waals surface area contributed by atoms with Crippen LogP contribution < -0.4 is 11.2 Å². The van der Waals surface area contributed by atoms with Crippen LogP contribution in [0, 0.1) is 12.7 Å². The quantitative estimate of drug-likeness (QED) is 0.492. The number of rotatable bonds is 6. The molecule has 0 aliphatic rings. The lowest BCUT2D eigenvalue weighted by Gasteiger charge is -2.13. The molecule has 0 aliphatic carbocycles. The van der Waals surface area contributed by atoms with E-state index in [1.54, 1.807) is 10.9 Å². The third-order valence-corrected chi connectivity index (χ3v) is 5.11. The van der Waals surface area contributed by atoms with Crippen molar-refractivity contribution in [3.8, 4) is 5.69 Å². The fourth-order valence-corrected chi connectivity index (χ4v) is 3.47. The number of ether oxygens (including phenoxy) is 1. The van der Waals surface area contributed by atoms with Crippen molar-refractivity contribution < 1.29 is 9.13 Å². The van der Waals surface area contributed by atoms with Crippen molar-refractivity contribution in [2.45, 2.75) is 20.0 Å². The fourth-order valence-electron chi connectivity index (χ4n) is 3.47. The molecule has 2 heterocycles. The second-order valence-corrected chi connectivity index (χ2v) is 7.02. The maximum Gasteiger partial charge on any atom is 0.337 e. The first kappa shape index (κ1) is 19.8. The summed E-state index contributed by atoms with van der Waals surface area (Å²) in [6.45, 7) is 2.74. The summed E-state index contributed by atoms with van der Waals surface area (Å²) in [5, 5.41) is 0. The van der Waals surface area contributed by atoms with Gasteiger partial charge in [-0.15, -0.1) is 0 Å². The molecule has 4 aromatic rings. The molecule has 0 saturated heterocycles. The molecule has 0 radical (unpaired) electrons. The van der Waals surface area contributed by atoms with Gasteiger partial charge in [-0.3, -0.25) is 9.36 Å². The summed E-state index contributed by atoms with van der Waals surface area (Å²) < 4.78 is 22.7. The average Bonchev–Trinajstić information content (AvgIpc) is 3.14. The monoisotopic (exact) mass is 408 g/mol. The summed E-state index contributed by atoms with van der Waals surface area (Å²) in [4.78, 5) is 30.7. The maximum atomic E-state index is 13.4. The van der Waals surface area contributed by atoms with E-state index in [0.29, 0.717) is 17.7 Å². The highest BCUT2D eigenvalue weighted by Crippen LogP contribution is 2.16. The lowest BCUT2D eigenvalue weighted by Crippen LogP contribution is -2.41. The van der Waals surface area contributed by atoms with Crippen LogP contribution in [-0.4, -0.2) is 32.4 Å². The largest absolute Gasteiger partial charge is 0.383 e. The van der Waals surface area contributed by atoms with Crippen LogP contribution in [0.5, 0.6) is 0 Å². The number of hydrogen-bond acceptors (Lipinski definition) is 4.